The van der Waals surface area contributed by atoms with Crippen LogP contribution in [0.5, 0.6) is 0 Å². The number of aliphatic hydroxyl groups excluding tert-OH is 1. The van der Waals surface area contributed by atoms with Crippen LogP contribution in [0.25, 0.3) is 0 Å². The first-order valence-corrected chi connectivity index (χ1v) is 20.5. The summed E-state index contributed by atoms with van der Waals surface area (Å²) in [5, 5.41) is 22.0. The number of ether oxygens (including phenoxy) is 1. The molecule has 0 aromatic carbocycles. The number of allylic oxidation sites excluding steroid dienone is 1. The molecule has 288 valence electrons. The first kappa shape index (κ1) is 38.9. The number of hydrogen-bond acceptors (Lipinski definition) is 7. The average Bonchev–Trinajstić information content (AvgIpc) is 3.78. The fourth-order valence-electron chi connectivity index (χ4n) is 13.4. The number of esters is 1. The number of fused-ring (bicyclic) bond motifs is 7. The molecule has 0 aliphatic heterocycles. The molecule has 5 saturated carbocycles. The highest BCUT2D eigenvalue weighted by Crippen LogP contribution is 2.77. The molecule has 4 N–H and O–H groups in total. The van der Waals surface area contributed by atoms with Gasteiger partial charge >= 0.3 is 11.9 Å². The number of carboxylic acids is 1. The molecular weight excluding hydrogens is 640 g/mol. The van der Waals surface area contributed by atoms with Crippen LogP contribution in [0.1, 0.15) is 139 Å². The van der Waals surface area contributed by atoms with E-state index in [1.54, 1.807) is 13.8 Å². The second-order valence-electron chi connectivity index (χ2n) is 20.6. The normalized spacial score (nSPS) is 39.7. The lowest BCUT2D eigenvalue weighted by Crippen LogP contribution is -2.66. The summed E-state index contributed by atoms with van der Waals surface area (Å²) in [4.78, 5) is 41.3. The van der Waals surface area contributed by atoms with Crippen molar-refractivity contribution in [3.05, 3.63) is 11.1 Å². The number of nitrogens with two attached hydrogens (primary N) is 1. The largest absolute Gasteiger partial charge is 0.481 e. The number of ketones is 1. The fraction of sp³-hybridized carbons (Fsp3) is 0.884. The van der Waals surface area contributed by atoms with E-state index in [1.807, 2.05) is 0 Å². The topological polar surface area (TPSA) is 130 Å². The van der Waals surface area contributed by atoms with Gasteiger partial charge in [-0.25, -0.2) is 0 Å². The van der Waals surface area contributed by atoms with E-state index >= 15 is 0 Å². The van der Waals surface area contributed by atoms with Crippen molar-refractivity contribution in [2.24, 2.45) is 67.8 Å². The highest BCUT2D eigenvalue weighted by molar-refractivity contribution is 6.00. The predicted octanol–water partition coefficient (Wildman–Crippen LogP) is 7.41. The van der Waals surface area contributed by atoms with Gasteiger partial charge in [0.15, 0.2) is 5.78 Å². The Hall–Kier alpha value is -1.77. The van der Waals surface area contributed by atoms with Gasteiger partial charge in [-0.05, 0) is 129 Å². The summed E-state index contributed by atoms with van der Waals surface area (Å²) in [6.07, 6.45) is 9.99. The third-order valence-electron chi connectivity index (χ3n) is 16.6. The predicted molar refractivity (Wildman–Crippen MR) is 200 cm³/mol. The van der Waals surface area contributed by atoms with Crippen molar-refractivity contribution in [3.63, 3.8) is 0 Å². The Morgan fingerprint density at radius 2 is 1.63 bits per heavy atom. The zero-order valence-electron chi connectivity index (χ0n) is 33.4. The van der Waals surface area contributed by atoms with Crippen molar-refractivity contribution in [1.82, 2.24) is 4.90 Å². The van der Waals surface area contributed by atoms with E-state index in [4.69, 9.17) is 10.5 Å². The summed E-state index contributed by atoms with van der Waals surface area (Å²) in [6, 6.07) is 0. The van der Waals surface area contributed by atoms with Gasteiger partial charge < -0.3 is 20.7 Å². The van der Waals surface area contributed by atoms with E-state index < -0.39 is 28.9 Å². The summed E-state index contributed by atoms with van der Waals surface area (Å²) in [6.45, 7) is 22.7. The van der Waals surface area contributed by atoms with Crippen LogP contribution in [0, 0.1) is 62.1 Å². The van der Waals surface area contributed by atoms with Crippen LogP contribution in [0.4, 0.5) is 0 Å². The van der Waals surface area contributed by atoms with Gasteiger partial charge in [-0.2, -0.15) is 0 Å². The molecule has 0 aromatic heterocycles. The van der Waals surface area contributed by atoms with E-state index in [0.717, 1.165) is 70.0 Å². The smallest absolute Gasteiger partial charge is 0.309 e. The Morgan fingerprint density at radius 1 is 0.941 bits per heavy atom. The van der Waals surface area contributed by atoms with Gasteiger partial charge in [-0.1, -0.05) is 54.0 Å². The number of carbonyl (C=O) groups excluding carboxylic acids is 2. The Bertz CT molecular complexity index is 1430. The molecule has 0 spiro atoms. The van der Waals surface area contributed by atoms with Gasteiger partial charge in [0.25, 0.3) is 0 Å². The minimum absolute atomic E-state index is 0.00798. The molecule has 8 heteroatoms. The minimum atomic E-state index is -1.16. The molecule has 0 saturated heterocycles. The maximum Gasteiger partial charge on any atom is 0.309 e. The standard InChI is InChI=1S/C43H70N2O6/c1-26(2)35-29(46)22-43(32(47)25-45(21-20-44)24-27-10-11-27)19-18-41(8)28(36(35)43)12-13-31-40(7)16-15-33(51-34(48)23-38(3,4)37(49)50)39(5,6)30(40)14-17-42(31,41)9/h26-28,30-33,47H,10-25,44H2,1-9H3,(H,49,50)/t28-,30+,31-,32+,33?,40+,41-,42-,43+/m1/s1. The zero-order chi connectivity index (χ0) is 37.5. The Balaban J connectivity index is 1.28. The number of carboxylic acid groups (broad SMARTS) is 1. The van der Waals surface area contributed by atoms with E-state index in [-0.39, 0.29) is 51.8 Å². The average molecular weight is 711 g/mol. The van der Waals surface area contributed by atoms with Gasteiger partial charge in [-0.3, -0.25) is 19.3 Å². The van der Waals surface area contributed by atoms with Crippen molar-refractivity contribution in [1.29, 1.82) is 0 Å². The van der Waals surface area contributed by atoms with Gasteiger partial charge in [0.05, 0.1) is 17.9 Å². The van der Waals surface area contributed by atoms with Gasteiger partial charge in [0, 0.05) is 43.4 Å². The first-order valence-electron chi connectivity index (χ1n) is 20.5. The van der Waals surface area contributed by atoms with E-state index in [9.17, 15) is 24.6 Å². The highest BCUT2D eigenvalue weighted by Gasteiger charge is 2.71. The van der Waals surface area contributed by atoms with Crippen molar-refractivity contribution in [2.75, 3.05) is 26.2 Å². The highest BCUT2D eigenvalue weighted by atomic mass is 16.5. The van der Waals surface area contributed by atoms with Gasteiger partial charge in [0.2, 0.25) is 0 Å². The third-order valence-corrected chi connectivity index (χ3v) is 16.6. The Morgan fingerprint density at radius 3 is 2.24 bits per heavy atom. The van der Waals surface area contributed by atoms with Crippen LogP contribution >= 0.6 is 0 Å². The first-order chi connectivity index (χ1) is 23.7. The Kier molecular flexibility index (Phi) is 10.1. The summed E-state index contributed by atoms with van der Waals surface area (Å²) in [7, 11) is 0. The minimum Gasteiger partial charge on any atom is -0.481 e. The van der Waals surface area contributed by atoms with Crippen LogP contribution < -0.4 is 5.73 Å². The molecule has 6 aliphatic rings. The zero-order valence-corrected chi connectivity index (χ0v) is 33.4. The van der Waals surface area contributed by atoms with E-state index in [0.29, 0.717) is 37.3 Å². The fourth-order valence-corrected chi connectivity index (χ4v) is 13.4. The van der Waals surface area contributed by atoms with Crippen LogP contribution in [0.2, 0.25) is 0 Å². The van der Waals surface area contributed by atoms with Crippen molar-refractivity contribution in [3.8, 4) is 0 Å². The second kappa shape index (κ2) is 13.2. The molecule has 1 unspecified atom stereocenters. The molecule has 51 heavy (non-hydrogen) atoms. The SMILES string of the molecule is CC(C)C1=C2[C@H]3CC[C@@H]4[C@@]5(C)CCC(OC(=O)CC(C)(C)C(=O)O)C(C)(C)[C@@H]5CC[C@@]4(C)[C@]3(C)CC[C@@]2([C@@H](O)CN(CCN)CC2CC2)CC1=O. The molecule has 0 radical (unpaired) electrons. The maximum atomic E-state index is 14.1. The Labute approximate surface area is 308 Å². The lowest BCUT2D eigenvalue weighted by atomic mass is 9.33. The molecule has 6 aliphatic carbocycles. The van der Waals surface area contributed by atoms with Gasteiger partial charge in [0.1, 0.15) is 6.10 Å². The molecule has 0 aromatic rings. The number of aliphatic hydroxyl groups is 1. The molecule has 9 atom stereocenters. The van der Waals surface area contributed by atoms with Crippen LogP contribution in [0.15, 0.2) is 11.1 Å². The second-order valence-corrected chi connectivity index (χ2v) is 20.6. The molecule has 0 bridgehead atoms. The molecule has 8 nitrogen and oxygen atoms in total. The number of aliphatic carboxylic acids is 1. The van der Waals surface area contributed by atoms with Gasteiger partial charge in [-0.15, -0.1) is 0 Å². The molecule has 0 heterocycles. The van der Waals surface area contributed by atoms with Crippen LogP contribution in [-0.2, 0) is 19.1 Å². The molecular formula is C43H70N2O6. The van der Waals surface area contributed by atoms with Crippen LogP contribution in [0.3, 0.4) is 0 Å². The molecule has 6 rings (SSSR count). The van der Waals surface area contributed by atoms with E-state index in [2.05, 4.69) is 53.4 Å². The summed E-state index contributed by atoms with van der Waals surface area (Å²) < 4.78 is 6.17. The number of nitrogens with zero attached hydrogens (tertiary/aromatic N) is 1. The molecule has 0 amide bonds. The van der Waals surface area contributed by atoms with Crippen molar-refractivity contribution in [2.45, 2.75) is 152 Å². The maximum absolute atomic E-state index is 14.1. The number of carbonyl (C=O) groups is 3. The number of hydrogen-bond donors (Lipinski definition) is 3. The number of rotatable bonds is 12. The summed E-state index contributed by atoms with van der Waals surface area (Å²) in [5.41, 5.74) is 6.69. The number of Topliss-reactive ketones (excluding diaryl/α,β-unsaturated/α-hetero) is 1. The monoisotopic (exact) mass is 711 g/mol. The lowest BCUT2D eigenvalue weighted by molar-refractivity contribution is -0.235. The summed E-state index contributed by atoms with van der Waals surface area (Å²) >= 11 is 0. The summed E-state index contributed by atoms with van der Waals surface area (Å²) in [5.74, 6) is 0.874. The van der Waals surface area contributed by atoms with Crippen LogP contribution in [-0.4, -0.2) is 71.2 Å². The quantitative estimate of drug-likeness (QED) is 0.179. The van der Waals surface area contributed by atoms with Crippen molar-refractivity contribution >= 4 is 17.7 Å². The molecule has 5 fully saturated rings. The van der Waals surface area contributed by atoms with E-state index in [1.165, 1.54) is 18.4 Å². The van der Waals surface area contributed by atoms with Crippen molar-refractivity contribution < 1.29 is 29.3 Å². The third kappa shape index (κ3) is 6.17. The lowest BCUT2D eigenvalue weighted by Gasteiger charge is -2.72.